The molecule has 3 aliphatic heterocycles. The first-order valence-electron chi connectivity index (χ1n) is 11.7. The molecule has 0 radical (unpaired) electrons. The number of nitrogens with one attached hydrogen (secondary N) is 1. The molecule has 0 spiro atoms. The summed E-state index contributed by atoms with van der Waals surface area (Å²) in [6.45, 7) is 5.58. The molecule has 0 amide bonds. The Hall–Kier alpha value is -2.98. The van der Waals surface area contributed by atoms with Crippen LogP contribution in [0.1, 0.15) is 50.0 Å². The lowest BCUT2D eigenvalue weighted by Crippen LogP contribution is -2.41. The van der Waals surface area contributed by atoms with Crippen molar-refractivity contribution in [3.8, 4) is 11.5 Å². The Morgan fingerprint density at radius 1 is 1.18 bits per heavy atom. The molecule has 3 atom stereocenters. The second kappa shape index (κ2) is 8.42. The van der Waals surface area contributed by atoms with Crippen LogP contribution >= 0.6 is 0 Å². The van der Waals surface area contributed by atoms with E-state index in [2.05, 4.69) is 32.3 Å². The van der Waals surface area contributed by atoms with Crippen molar-refractivity contribution < 1.29 is 14.2 Å². The number of piperidine rings is 1. The fraction of sp³-hybridized carbons (Fsp3) is 0.565. The van der Waals surface area contributed by atoms with Crippen LogP contribution < -0.4 is 15.0 Å². The highest BCUT2D eigenvalue weighted by Gasteiger charge is 2.33. The molecule has 0 aliphatic carbocycles. The summed E-state index contributed by atoms with van der Waals surface area (Å²) < 4.78 is 18.7. The Morgan fingerprint density at radius 2 is 2.06 bits per heavy atom. The number of pyridine rings is 1. The number of likely N-dealkylation sites (tertiary alicyclic amines) is 1. The zero-order valence-corrected chi connectivity index (χ0v) is 18.7. The molecule has 10 heteroatoms. The molecular weight excluding hydrogens is 424 g/mol. The number of nitrogens with zero attached hydrogens (tertiary/aromatic N) is 5. The second-order valence-electron chi connectivity index (χ2n) is 9.35. The van der Waals surface area contributed by atoms with E-state index in [0.29, 0.717) is 35.3 Å². The number of aromatic nitrogens is 5. The van der Waals surface area contributed by atoms with Crippen LogP contribution in [0.5, 0.6) is 11.5 Å². The number of rotatable bonds is 5. The average molecular weight is 453 g/mol. The standard InChI is InChI=1S/C23H28N6O4/c1-14-4-2-6-28(11-14)21(22-25-26-27-29(22)12-16-5-3-7-31-16)17-8-15-9-19-20(33-13-32-19)10-18(15)24-23(17)30/h8-10,14,16,21H,2-7,11-13H2,1H3,(H,24,30)/t14-,16-,21+/m1/s1. The van der Waals surface area contributed by atoms with Gasteiger partial charge in [0.05, 0.1) is 18.2 Å². The molecule has 3 aliphatic rings. The van der Waals surface area contributed by atoms with Gasteiger partial charge in [-0.05, 0) is 60.7 Å². The topological polar surface area (TPSA) is 107 Å². The van der Waals surface area contributed by atoms with Crippen molar-refractivity contribution in [3.63, 3.8) is 0 Å². The molecule has 2 aromatic heterocycles. The highest BCUT2D eigenvalue weighted by Crippen LogP contribution is 2.37. The Kier molecular flexibility index (Phi) is 5.26. The fourth-order valence-corrected chi connectivity index (χ4v) is 5.29. The summed E-state index contributed by atoms with van der Waals surface area (Å²) >= 11 is 0. The molecule has 3 aromatic rings. The van der Waals surface area contributed by atoms with E-state index < -0.39 is 0 Å². The summed E-state index contributed by atoms with van der Waals surface area (Å²) in [7, 11) is 0. The van der Waals surface area contributed by atoms with E-state index in [-0.39, 0.29) is 24.5 Å². The molecule has 0 unspecified atom stereocenters. The summed E-state index contributed by atoms with van der Waals surface area (Å²) in [4.78, 5) is 18.8. The number of tetrazole rings is 1. The van der Waals surface area contributed by atoms with Crippen molar-refractivity contribution >= 4 is 10.9 Å². The zero-order chi connectivity index (χ0) is 22.4. The maximum Gasteiger partial charge on any atom is 0.253 e. The van der Waals surface area contributed by atoms with Gasteiger partial charge in [-0.2, -0.15) is 0 Å². The third kappa shape index (κ3) is 3.87. The lowest BCUT2D eigenvalue weighted by Gasteiger charge is -2.36. The third-order valence-electron chi connectivity index (χ3n) is 6.92. The predicted molar refractivity (Wildman–Crippen MR) is 119 cm³/mol. The molecule has 1 N–H and O–H groups in total. The molecule has 0 bridgehead atoms. The SMILES string of the molecule is C[C@@H]1CCCN([C@@H](c2cc3cc4c(cc3[nH]c2=O)OCO4)c2nnnn2C[C@H]2CCCO2)C1. The molecule has 6 rings (SSSR count). The van der Waals surface area contributed by atoms with Gasteiger partial charge in [-0.25, -0.2) is 4.68 Å². The summed E-state index contributed by atoms with van der Waals surface area (Å²) in [5.41, 5.74) is 1.22. The quantitative estimate of drug-likeness (QED) is 0.628. The Morgan fingerprint density at radius 3 is 2.88 bits per heavy atom. The largest absolute Gasteiger partial charge is 0.454 e. The van der Waals surface area contributed by atoms with E-state index in [4.69, 9.17) is 14.2 Å². The van der Waals surface area contributed by atoms with Crippen LogP contribution in [0.2, 0.25) is 0 Å². The normalized spacial score (nSPS) is 23.9. The van der Waals surface area contributed by atoms with E-state index in [9.17, 15) is 4.79 Å². The van der Waals surface area contributed by atoms with E-state index in [1.54, 1.807) is 0 Å². The number of fused-ring (bicyclic) bond motifs is 2. The third-order valence-corrected chi connectivity index (χ3v) is 6.92. The van der Waals surface area contributed by atoms with Crippen LogP contribution in [0.3, 0.4) is 0 Å². The van der Waals surface area contributed by atoms with Gasteiger partial charge < -0.3 is 19.2 Å². The van der Waals surface area contributed by atoms with Crippen LogP contribution in [0, 0.1) is 5.92 Å². The van der Waals surface area contributed by atoms with Crippen molar-refractivity contribution in [2.24, 2.45) is 5.92 Å². The molecule has 2 fully saturated rings. The van der Waals surface area contributed by atoms with Crippen molar-refractivity contribution in [1.29, 1.82) is 0 Å². The summed E-state index contributed by atoms with van der Waals surface area (Å²) in [5, 5.41) is 13.6. The number of H-pyrrole nitrogens is 1. The van der Waals surface area contributed by atoms with Gasteiger partial charge in [-0.1, -0.05) is 6.92 Å². The summed E-state index contributed by atoms with van der Waals surface area (Å²) in [5.74, 6) is 2.56. The number of benzene rings is 1. The Balaban J connectivity index is 1.45. The summed E-state index contributed by atoms with van der Waals surface area (Å²) in [6.07, 6.45) is 4.41. The Labute approximate surface area is 190 Å². The van der Waals surface area contributed by atoms with E-state index in [0.717, 1.165) is 49.9 Å². The smallest absolute Gasteiger partial charge is 0.253 e. The van der Waals surface area contributed by atoms with E-state index >= 15 is 0 Å². The predicted octanol–water partition coefficient (Wildman–Crippen LogP) is 2.24. The fourth-order valence-electron chi connectivity index (χ4n) is 5.29. The number of hydrogen-bond donors (Lipinski definition) is 1. The first kappa shape index (κ1) is 20.6. The molecule has 33 heavy (non-hydrogen) atoms. The number of ether oxygens (including phenoxy) is 3. The minimum atomic E-state index is -0.345. The van der Waals surface area contributed by atoms with E-state index in [1.165, 1.54) is 6.42 Å². The molecule has 2 saturated heterocycles. The maximum absolute atomic E-state index is 13.4. The van der Waals surface area contributed by atoms with Crippen LogP contribution in [0.15, 0.2) is 23.0 Å². The molecule has 1 aromatic carbocycles. The zero-order valence-electron chi connectivity index (χ0n) is 18.7. The minimum Gasteiger partial charge on any atom is -0.454 e. The minimum absolute atomic E-state index is 0.0998. The van der Waals surface area contributed by atoms with Crippen LogP contribution in [-0.2, 0) is 11.3 Å². The highest BCUT2D eigenvalue weighted by atomic mass is 16.7. The van der Waals surface area contributed by atoms with Crippen molar-refractivity contribution in [2.75, 3.05) is 26.5 Å². The van der Waals surface area contributed by atoms with Crippen LogP contribution in [0.4, 0.5) is 0 Å². The van der Waals surface area contributed by atoms with Gasteiger partial charge in [0.2, 0.25) is 6.79 Å². The van der Waals surface area contributed by atoms with Crippen molar-refractivity contribution in [2.45, 2.75) is 51.3 Å². The Bertz CT molecular complexity index is 1220. The van der Waals surface area contributed by atoms with Gasteiger partial charge in [-0.15, -0.1) is 5.10 Å². The number of aromatic amines is 1. The van der Waals surface area contributed by atoms with Crippen LogP contribution in [0.25, 0.3) is 10.9 Å². The van der Waals surface area contributed by atoms with Gasteiger partial charge in [0, 0.05) is 30.2 Å². The van der Waals surface area contributed by atoms with Crippen molar-refractivity contribution in [3.05, 3.63) is 39.9 Å². The first-order valence-corrected chi connectivity index (χ1v) is 11.7. The van der Waals surface area contributed by atoms with Gasteiger partial charge in [0.25, 0.3) is 5.56 Å². The molecular formula is C23H28N6O4. The second-order valence-corrected chi connectivity index (χ2v) is 9.35. The monoisotopic (exact) mass is 452 g/mol. The first-order chi connectivity index (χ1) is 16.2. The van der Waals surface area contributed by atoms with E-state index in [1.807, 2.05) is 22.9 Å². The molecule has 10 nitrogen and oxygen atoms in total. The molecule has 0 saturated carbocycles. The molecule has 174 valence electrons. The highest BCUT2D eigenvalue weighted by molar-refractivity contribution is 5.83. The maximum atomic E-state index is 13.4. The average Bonchev–Trinajstić information content (AvgIpc) is 3.56. The van der Waals surface area contributed by atoms with Gasteiger partial charge in [-0.3, -0.25) is 9.69 Å². The van der Waals surface area contributed by atoms with Crippen molar-refractivity contribution in [1.82, 2.24) is 30.1 Å². The lowest BCUT2D eigenvalue weighted by atomic mass is 9.95. The molecule has 5 heterocycles. The lowest BCUT2D eigenvalue weighted by molar-refractivity contribution is 0.0889. The number of hydrogen-bond acceptors (Lipinski definition) is 8. The van der Waals surface area contributed by atoms with Gasteiger partial charge >= 0.3 is 0 Å². The van der Waals surface area contributed by atoms with Gasteiger partial charge in [0.15, 0.2) is 17.3 Å². The summed E-state index contributed by atoms with van der Waals surface area (Å²) in [6, 6.07) is 5.35. The van der Waals surface area contributed by atoms with Crippen LogP contribution in [-0.4, -0.2) is 62.7 Å². The van der Waals surface area contributed by atoms with Gasteiger partial charge in [0.1, 0.15) is 6.04 Å².